The van der Waals surface area contributed by atoms with Crippen molar-refractivity contribution in [3.05, 3.63) is 45.3 Å². The van der Waals surface area contributed by atoms with Gasteiger partial charge in [-0.1, -0.05) is 23.7 Å². The molecule has 1 aromatic carbocycles. The molecule has 0 spiro atoms. The van der Waals surface area contributed by atoms with Crippen molar-refractivity contribution >= 4 is 28.3 Å². The van der Waals surface area contributed by atoms with Crippen LogP contribution in [0.25, 0.3) is 10.8 Å². The number of benzene rings is 1. The third kappa shape index (κ3) is 2.47. The maximum absolute atomic E-state index is 12.4. The number of nitrogens with zero attached hydrogens (tertiary/aromatic N) is 1. The molecular formula is C13H13ClN2O3. The summed E-state index contributed by atoms with van der Waals surface area (Å²) >= 11 is 6.01. The minimum absolute atomic E-state index is 0.304. The van der Waals surface area contributed by atoms with Crippen molar-refractivity contribution in [2.45, 2.75) is 19.5 Å². The molecule has 1 aromatic heterocycles. The highest BCUT2D eigenvalue weighted by atomic mass is 35.5. The Labute approximate surface area is 114 Å². The van der Waals surface area contributed by atoms with Crippen LogP contribution in [0.15, 0.2) is 29.1 Å². The second-order valence-electron chi connectivity index (χ2n) is 4.35. The van der Waals surface area contributed by atoms with Gasteiger partial charge in [0, 0.05) is 11.7 Å². The fraction of sp³-hybridized carbons (Fsp3) is 0.231. The third-order valence-electron chi connectivity index (χ3n) is 2.88. The largest absolute Gasteiger partial charge is 0.480 e. The Morgan fingerprint density at radius 1 is 1.53 bits per heavy atom. The van der Waals surface area contributed by atoms with Gasteiger partial charge in [0.1, 0.15) is 6.54 Å². The first kappa shape index (κ1) is 13.6. The van der Waals surface area contributed by atoms with Gasteiger partial charge in [0.25, 0.3) is 5.56 Å². The lowest BCUT2D eigenvalue weighted by Gasteiger charge is -2.15. The van der Waals surface area contributed by atoms with E-state index in [1.165, 1.54) is 0 Å². The van der Waals surface area contributed by atoms with Gasteiger partial charge in [-0.25, -0.2) is 0 Å². The summed E-state index contributed by atoms with van der Waals surface area (Å²) < 4.78 is 1.15. The minimum Gasteiger partial charge on any atom is -0.480 e. The van der Waals surface area contributed by atoms with E-state index in [1.807, 2.05) is 0 Å². The van der Waals surface area contributed by atoms with E-state index in [4.69, 9.17) is 22.4 Å². The lowest BCUT2D eigenvalue weighted by Crippen LogP contribution is -2.29. The van der Waals surface area contributed by atoms with Crippen molar-refractivity contribution in [2.75, 3.05) is 0 Å². The number of halogens is 1. The molecule has 0 fully saturated rings. The van der Waals surface area contributed by atoms with Crippen LogP contribution >= 0.6 is 11.6 Å². The maximum atomic E-state index is 12.4. The van der Waals surface area contributed by atoms with E-state index in [0.29, 0.717) is 21.5 Å². The zero-order valence-electron chi connectivity index (χ0n) is 10.3. The van der Waals surface area contributed by atoms with Gasteiger partial charge in [-0.2, -0.15) is 0 Å². The highest BCUT2D eigenvalue weighted by Gasteiger charge is 2.15. The van der Waals surface area contributed by atoms with Gasteiger partial charge in [-0.05, 0) is 24.4 Å². The number of hydrogen-bond acceptors (Lipinski definition) is 3. The number of rotatable bonds is 3. The van der Waals surface area contributed by atoms with E-state index in [9.17, 15) is 9.59 Å². The molecule has 5 nitrogen and oxygen atoms in total. The number of nitrogens with two attached hydrogens (primary N) is 1. The fourth-order valence-electron chi connectivity index (χ4n) is 2.05. The second kappa shape index (κ2) is 5.03. The van der Waals surface area contributed by atoms with E-state index in [2.05, 4.69) is 0 Å². The number of aromatic nitrogens is 1. The average molecular weight is 281 g/mol. The van der Waals surface area contributed by atoms with Crippen LogP contribution in [0.4, 0.5) is 0 Å². The van der Waals surface area contributed by atoms with Gasteiger partial charge in [-0.15, -0.1) is 0 Å². The molecule has 0 radical (unpaired) electrons. The van der Waals surface area contributed by atoms with Gasteiger partial charge in [0.05, 0.1) is 10.4 Å². The molecule has 3 N–H and O–H groups in total. The van der Waals surface area contributed by atoms with Crippen LogP contribution in [0.3, 0.4) is 0 Å². The maximum Gasteiger partial charge on any atom is 0.323 e. The van der Waals surface area contributed by atoms with E-state index < -0.39 is 24.1 Å². The van der Waals surface area contributed by atoms with Crippen molar-refractivity contribution < 1.29 is 9.90 Å². The second-order valence-corrected chi connectivity index (χ2v) is 4.75. The molecule has 2 rings (SSSR count). The standard InChI is InChI=1S/C13H13ClN2O3/c1-7(15)10-5-8-3-2-4-9(14)12(8)13(19)16(10)6-11(17)18/h2-5,7H,6,15H2,1H3,(H,17,18)/t7-/m0/s1. The highest BCUT2D eigenvalue weighted by molar-refractivity contribution is 6.35. The van der Waals surface area contributed by atoms with E-state index in [0.717, 1.165) is 4.57 Å². The number of carbonyl (C=O) groups is 1. The lowest BCUT2D eigenvalue weighted by atomic mass is 10.1. The summed E-state index contributed by atoms with van der Waals surface area (Å²) in [6.45, 7) is 1.26. The number of carboxylic acids is 1. The summed E-state index contributed by atoms with van der Waals surface area (Å²) in [6, 6.07) is 6.34. The summed E-state index contributed by atoms with van der Waals surface area (Å²) in [5, 5.41) is 10.2. The molecule has 100 valence electrons. The fourth-order valence-corrected chi connectivity index (χ4v) is 2.31. The number of fused-ring (bicyclic) bond motifs is 1. The van der Waals surface area contributed by atoms with Crippen LogP contribution in [0.2, 0.25) is 5.02 Å². The summed E-state index contributed by atoms with van der Waals surface area (Å²) in [7, 11) is 0. The molecular weight excluding hydrogens is 268 g/mol. The Kier molecular flexibility index (Phi) is 3.59. The van der Waals surface area contributed by atoms with Gasteiger partial charge in [0.2, 0.25) is 0 Å². The van der Waals surface area contributed by atoms with Crippen molar-refractivity contribution in [1.29, 1.82) is 0 Å². The van der Waals surface area contributed by atoms with Gasteiger partial charge >= 0.3 is 5.97 Å². The first-order valence-electron chi connectivity index (χ1n) is 5.71. The Bertz CT molecular complexity index is 707. The van der Waals surface area contributed by atoms with Crippen LogP contribution in [0.5, 0.6) is 0 Å². The zero-order valence-corrected chi connectivity index (χ0v) is 11.0. The van der Waals surface area contributed by atoms with Gasteiger partial charge < -0.3 is 10.8 Å². The molecule has 6 heteroatoms. The lowest BCUT2D eigenvalue weighted by molar-refractivity contribution is -0.137. The first-order valence-corrected chi connectivity index (χ1v) is 6.09. The zero-order chi connectivity index (χ0) is 14.2. The van der Waals surface area contributed by atoms with Crippen molar-refractivity contribution in [2.24, 2.45) is 5.73 Å². The van der Waals surface area contributed by atoms with Gasteiger partial charge in [0.15, 0.2) is 0 Å². The van der Waals surface area contributed by atoms with E-state index in [1.54, 1.807) is 31.2 Å². The van der Waals surface area contributed by atoms with Crippen molar-refractivity contribution in [3.63, 3.8) is 0 Å². The summed E-state index contributed by atoms with van der Waals surface area (Å²) in [5.74, 6) is -1.10. The first-order chi connectivity index (χ1) is 8.91. The highest BCUT2D eigenvalue weighted by Crippen LogP contribution is 2.22. The van der Waals surface area contributed by atoms with Crippen LogP contribution in [-0.4, -0.2) is 15.6 Å². The van der Waals surface area contributed by atoms with Crippen LogP contribution in [-0.2, 0) is 11.3 Å². The SMILES string of the molecule is C[C@H](N)c1cc2cccc(Cl)c2c(=O)n1CC(=O)O. The predicted molar refractivity (Wildman–Crippen MR) is 73.5 cm³/mol. The Morgan fingerprint density at radius 2 is 2.21 bits per heavy atom. The molecule has 0 unspecified atom stereocenters. The monoisotopic (exact) mass is 280 g/mol. The number of pyridine rings is 1. The molecule has 0 bridgehead atoms. The molecule has 0 aliphatic heterocycles. The third-order valence-corrected chi connectivity index (χ3v) is 3.19. The van der Waals surface area contributed by atoms with Crippen LogP contribution in [0, 0.1) is 0 Å². The predicted octanol–water partition coefficient (Wildman–Crippen LogP) is 1.76. The van der Waals surface area contributed by atoms with Crippen LogP contribution < -0.4 is 11.3 Å². The molecule has 1 heterocycles. The van der Waals surface area contributed by atoms with Gasteiger partial charge in [-0.3, -0.25) is 14.2 Å². The Morgan fingerprint density at radius 3 is 2.79 bits per heavy atom. The molecule has 19 heavy (non-hydrogen) atoms. The number of hydrogen-bond donors (Lipinski definition) is 2. The molecule has 0 amide bonds. The number of carboxylic acid groups (broad SMARTS) is 1. The van der Waals surface area contributed by atoms with Crippen molar-refractivity contribution in [3.8, 4) is 0 Å². The molecule has 0 aliphatic rings. The summed E-state index contributed by atoms with van der Waals surface area (Å²) in [4.78, 5) is 23.3. The van der Waals surface area contributed by atoms with Crippen LogP contribution in [0.1, 0.15) is 18.7 Å². The number of aliphatic carboxylic acids is 1. The molecule has 0 saturated carbocycles. The normalized spacial score (nSPS) is 12.6. The quantitative estimate of drug-likeness (QED) is 0.897. The van der Waals surface area contributed by atoms with E-state index >= 15 is 0 Å². The summed E-state index contributed by atoms with van der Waals surface area (Å²) in [5.41, 5.74) is 5.84. The molecule has 0 saturated heterocycles. The average Bonchev–Trinajstić information content (AvgIpc) is 2.31. The molecule has 1 atom stereocenters. The Balaban J connectivity index is 2.86. The Hall–Kier alpha value is -1.85. The molecule has 0 aliphatic carbocycles. The minimum atomic E-state index is -1.10. The smallest absolute Gasteiger partial charge is 0.323 e. The van der Waals surface area contributed by atoms with Crippen molar-refractivity contribution in [1.82, 2.24) is 4.57 Å². The topological polar surface area (TPSA) is 85.3 Å². The molecule has 2 aromatic rings. The van der Waals surface area contributed by atoms with E-state index in [-0.39, 0.29) is 0 Å². The summed E-state index contributed by atoms with van der Waals surface area (Å²) in [6.07, 6.45) is 0.